The van der Waals surface area contributed by atoms with Gasteiger partial charge in [0.15, 0.2) is 5.75 Å². The molecular formula is C14H9BrCl2O3. The molecular weight excluding hydrogens is 367 g/mol. The van der Waals surface area contributed by atoms with Gasteiger partial charge >= 0.3 is 5.97 Å². The van der Waals surface area contributed by atoms with Crippen LogP contribution >= 0.6 is 39.1 Å². The van der Waals surface area contributed by atoms with Crippen LogP contribution in [0.25, 0.3) is 0 Å². The summed E-state index contributed by atoms with van der Waals surface area (Å²) in [6.45, 7) is 0.209. The number of aromatic carboxylic acids is 1. The Morgan fingerprint density at radius 3 is 2.65 bits per heavy atom. The summed E-state index contributed by atoms with van der Waals surface area (Å²) in [6.07, 6.45) is 0. The van der Waals surface area contributed by atoms with Crippen molar-refractivity contribution in [3.63, 3.8) is 0 Å². The first-order valence-corrected chi connectivity index (χ1v) is 7.12. The second kappa shape index (κ2) is 6.48. The van der Waals surface area contributed by atoms with E-state index < -0.39 is 5.97 Å². The number of halogens is 3. The molecule has 0 bridgehead atoms. The third-order valence-corrected chi connectivity index (χ3v) is 3.50. The second-order valence-corrected chi connectivity index (χ2v) is 5.75. The van der Waals surface area contributed by atoms with Gasteiger partial charge in [-0.15, -0.1) is 0 Å². The van der Waals surface area contributed by atoms with Crippen molar-refractivity contribution in [2.75, 3.05) is 0 Å². The highest BCUT2D eigenvalue weighted by atomic mass is 79.9. The van der Waals surface area contributed by atoms with Crippen LogP contribution in [0.2, 0.25) is 10.0 Å². The average Bonchev–Trinajstić information content (AvgIpc) is 2.36. The molecule has 0 atom stereocenters. The Morgan fingerprint density at radius 1 is 1.25 bits per heavy atom. The first kappa shape index (κ1) is 15.2. The second-order valence-electron chi connectivity index (χ2n) is 3.99. The van der Waals surface area contributed by atoms with Crippen LogP contribution in [0.3, 0.4) is 0 Å². The summed E-state index contributed by atoms with van der Waals surface area (Å²) < 4.78 is 6.45. The molecule has 104 valence electrons. The van der Waals surface area contributed by atoms with Gasteiger partial charge in [-0.05, 0) is 29.8 Å². The van der Waals surface area contributed by atoms with Crippen LogP contribution < -0.4 is 4.74 Å². The molecule has 0 saturated heterocycles. The molecule has 0 amide bonds. The number of hydrogen-bond donors (Lipinski definition) is 1. The molecule has 3 nitrogen and oxygen atoms in total. The van der Waals surface area contributed by atoms with E-state index in [1.54, 1.807) is 0 Å². The molecule has 0 saturated carbocycles. The van der Waals surface area contributed by atoms with Gasteiger partial charge in [-0.1, -0.05) is 51.3 Å². The van der Waals surface area contributed by atoms with Gasteiger partial charge in [0, 0.05) is 9.50 Å². The topological polar surface area (TPSA) is 46.5 Å². The molecule has 0 spiro atoms. The normalized spacial score (nSPS) is 10.3. The summed E-state index contributed by atoms with van der Waals surface area (Å²) in [5.74, 6) is -1.03. The molecule has 1 N–H and O–H groups in total. The maximum Gasteiger partial charge on any atom is 0.339 e. The van der Waals surface area contributed by atoms with E-state index in [0.717, 1.165) is 10.0 Å². The zero-order valence-corrected chi connectivity index (χ0v) is 13.2. The highest BCUT2D eigenvalue weighted by molar-refractivity contribution is 9.10. The smallest absolute Gasteiger partial charge is 0.339 e. The van der Waals surface area contributed by atoms with Crippen LogP contribution in [-0.4, -0.2) is 11.1 Å². The van der Waals surface area contributed by atoms with E-state index in [-0.39, 0.29) is 28.0 Å². The summed E-state index contributed by atoms with van der Waals surface area (Å²) in [6, 6.07) is 10.3. The third-order valence-electron chi connectivity index (χ3n) is 2.51. The van der Waals surface area contributed by atoms with Gasteiger partial charge < -0.3 is 9.84 Å². The number of hydrogen-bond acceptors (Lipinski definition) is 2. The lowest BCUT2D eigenvalue weighted by atomic mass is 10.2. The number of carbonyl (C=O) groups is 1. The van der Waals surface area contributed by atoms with Crippen molar-refractivity contribution in [1.29, 1.82) is 0 Å². The number of carboxylic acids is 1. The molecule has 6 heteroatoms. The first-order chi connectivity index (χ1) is 9.47. The van der Waals surface area contributed by atoms with Gasteiger partial charge in [-0.25, -0.2) is 4.79 Å². The Labute approximate surface area is 134 Å². The van der Waals surface area contributed by atoms with Crippen molar-refractivity contribution in [2.45, 2.75) is 6.61 Å². The summed E-state index contributed by atoms with van der Waals surface area (Å²) in [4.78, 5) is 11.2. The van der Waals surface area contributed by atoms with Crippen LogP contribution in [0, 0.1) is 0 Å². The largest absolute Gasteiger partial charge is 0.486 e. The summed E-state index contributed by atoms with van der Waals surface area (Å²) in [5.41, 5.74) is 0.833. The Bertz CT molecular complexity index is 659. The number of benzene rings is 2. The molecule has 2 aromatic carbocycles. The lowest BCUT2D eigenvalue weighted by molar-refractivity contribution is 0.0691. The third kappa shape index (κ3) is 3.66. The molecule has 0 aromatic heterocycles. The maximum atomic E-state index is 11.2. The summed E-state index contributed by atoms with van der Waals surface area (Å²) >= 11 is 15.1. The molecule has 0 radical (unpaired) electrons. The van der Waals surface area contributed by atoms with Crippen molar-refractivity contribution in [2.24, 2.45) is 0 Å². The monoisotopic (exact) mass is 374 g/mol. The molecule has 0 aliphatic heterocycles. The quantitative estimate of drug-likeness (QED) is 0.814. The summed E-state index contributed by atoms with van der Waals surface area (Å²) in [7, 11) is 0. The number of rotatable bonds is 4. The predicted octanol–water partition coefficient (Wildman–Crippen LogP) is 5.03. The highest BCUT2D eigenvalue weighted by Gasteiger charge is 2.16. The molecule has 2 aromatic rings. The van der Waals surface area contributed by atoms with Gasteiger partial charge in [0.2, 0.25) is 0 Å². The van der Waals surface area contributed by atoms with Crippen molar-refractivity contribution >= 4 is 45.1 Å². The van der Waals surface area contributed by atoms with Crippen molar-refractivity contribution < 1.29 is 14.6 Å². The fraction of sp³-hybridized carbons (Fsp3) is 0.0714. The Morgan fingerprint density at radius 2 is 2.00 bits per heavy atom. The van der Waals surface area contributed by atoms with E-state index in [0.29, 0.717) is 0 Å². The van der Waals surface area contributed by atoms with Gasteiger partial charge in [-0.2, -0.15) is 0 Å². The maximum absolute atomic E-state index is 11.2. The zero-order chi connectivity index (χ0) is 14.7. The molecule has 0 aliphatic carbocycles. The van der Waals surface area contributed by atoms with Crippen LogP contribution in [0.4, 0.5) is 0 Å². The van der Waals surface area contributed by atoms with Crippen LogP contribution in [0.15, 0.2) is 40.9 Å². The van der Waals surface area contributed by atoms with Gasteiger partial charge in [0.1, 0.15) is 12.2 Å². The molecule has 0 aliphatic rings. The van der Waals surface area contributed by atoms with E-state index in [2.05, 4.69) is 15.9 Å². The first-order valence-electron chi connectivity index (χ1n) is 5.57. The Hall–Kier alpha value is -1.23. The van der Waals surface area contributed by atoms with Gasteiger partial charge in [0.25, 0.3) is 0 Å². The van der Waals surface area contributed by atoms with E-state index >= 15 is 0 Å². The fourth-order valence-corrected chi connectivity index (χ4v) is 2.64. The Balaban J connectivity index is 2.27. The Kier molecular flexibility index (Phi) is 4.91. The van der Waals surface area contributed by atoms with Crippen molar-refractivity contribution in [3.05, 3.63) is 62.0 Å². The standard InChI is InChI=1S/C14H9BrCl2O3/c15-9-3-1-2-8(4-9)7-20-13-11(14(18)19)5-10(16)6-12(13)17/h1-6H,7H2,(H,18,19). The van der Waals surface area contributed by atoms with E-state index in [9.17, 15) is 4.79 Å². The molecule has 0 unspecified atom stereocenters. The minimum absolute atomic E-state index is 0.0579. The van der Waals surface area contributed by atoms with Crippen molar-refractivity contribution in [1.82, 2.24) is 0 Å². The van der Waals surface area contributed by atoms with Crippen LogP contribution in [-0.2, 0) is 6.61 Å². The van der Waals surface area contributed by atoms with Gasteiger partial charge in [-0.3, -0.25) is 0 Å². The van der Waals surface area contributed by atoms with Crippen molar-refractivity contribution in [3.8, 4) is 5.75 Å². The van der Waals surface area contributed by atoms with E-state index in [1.807, 2.05) is 24.3 Å². The molecule has 20 heavy (non-hydrogen) atoms. The van der Waals surface area contributed by atoms with E-state index in [4.69, 9.17) is 33.0 Å². The molecule has 0 fully saturated rings. The lowest BCUT2D eigenvalue weighted by Crippen LogP contribution is -2.04. The highest BCUT2D eigenvalue weighted by Crippen LogP contribution is 2.33. The van der Waals surface area contributed by atoms with E-state index in [1.165, 1.54) is 12.1 Å². The van der Waals surface area contributed by atoms with Crippen LogP contribution in [0.5, 0.6) is 5.75 Å². The molecule has 0 heterocycles. The van der Waals surface area contributed by atoms with Crippen LogP contribution in [0.1, 0.15) is 15.9 Å². The SMILES string of the molecule is O=C(O)c1cc(Cl)cc(Cl)c1OCc1cccc(Br)c1. The summed E-state index contributed by atoms with van der Waals surface area (Å²) in [5, 5.41) is 9.57. The zero-order valence-electron chi connectivity index (χ0n) is 10.1. The van der Waals surface area contributed by atoms with Gasteiger partial charge in [0.05, 0.1) is 5.02 Å². The number of ether oxygens (including phenoxy) is 1. The predicted molar refractivity (Wildman–Crippen MR) is 81.9 cm³/mol. The number of carboxylic acid groups (broad SMARTS) is 1. The minimum atomic E-state index is -1.14. The lowest BCUT2D eigenvalue weighted by Gasteiger charge is -2.11. The molecule has 2 rings (SSSR count). The average molecular weight is 376 g/mol. The fourth-order valence-electron chi connectivity index (χ4n) is 1.65. The minimum Gasteiger partial charge on any atom is -0.486 e.